The van der Waals surface area contributed by atoms with Crippen molar-refractivity contribution in [3.63, 3.8) is 0 Å². The van der Waals surface area contributed by atoms with E-state index in [0.29, 0.717) is 12.3 Å². The highest BCUT2D eigenvalue weighted by molar-refractivity contribution is 9.10. The molecule has 0 aromatic heterocycles. The van der Waals surface area contributed by atoms with Gasteiger partial charge in [0.2, 0.25) is 21.8 Å². The summed E-state index contributed by atoms with van der Waals surface area (Å²) >= 11 is 3.48. The molecule has 3 aromatic rings. The number of benzene rings is 3. The summed E-state index contributed by atoms with van der Waals surface area (Å²) in [5.74, 6) is -0.143. The van der Waals surface area contributed by atoms with Crippen LogP contribution in [-0.4, -0.2) is 64.7 Å². The number of halogens is 1. The van der Waals surface area contributed by atoms with Gasteiger partial charge in [0.25, 0.3) is 0 Å². The van der Waals surface area contributed by atoms with Crippen LogP contribution in [0.1, 0.15) is 30.9 Å². The molecule has 1 N–H and O–H groups in total. The maximum Gasteiger partial charge on any atom is 0.244 e. The minimum Gasteiger partial charge on any atom is -0.497 e. The summed E-state index contributed by atoms with van der Waals surface area (Å²) in [6.45, 7) is 2.05. The van der Waals surface area contributed by atoms with Gasteiger partial charge in [0.15, 0.2) is 0 Å². The molecule has 9 nitrogen and oxygen atoms in total. The third-order valence-electron chi connectivity index (χ3n) is 6.68. The number of carbonyl (C=O) groups excluding carboxylic acids is 2. The van der Waals surface area contributed by atoms with Gasteiger partial charge in [0.05, 0.1) is 26.2 Å². The number of carbonyl (C=O) groups is 2. The van der Waals surface area contributed by atoms with E-state index in [1.54, 1.807) is 12.1 Å². The minimum absolute atomic E-state index is 0.0916. The molecule has 226 valence electrons. The van der Waals surface area contributed by atoms with Crippen LogP contribution in [0.4, 0.5) is 5.69 Å². The van der Waals surface area contributed by atoms with Crippen LogP contribution in [0, 0.1) is 0 Å². The first-order chi connectivity index (χ1) is 20.1. The quantitative estimate of drug-likeness (QED) is 0.235. The molecule has 3 aromatic carbocycles. The van der Waals surface area contributed by atoms with Crippen LogP contribution in [-0.2, 0) is 32.6 Å². The molecule has 1 atom stereocenters. The molecule has 3 rings (SSSR count). The van der Waals surface area contributed by atoms with Crippen LogP contribution >= 0.6 is 15.9 Å². The zero-order valence-electron chi connectivity index (χ0n) is 24.4. The molecule has 42 heavy (non-hydrogen) atoms. The van der Waals surface area contributed by atoms with Crippen LogP contribution in [0.15, 0.2) is 77.3 Å². The number of nitrogens with zero attached hydrogens (tertiary/aromatic N) is 2. The lowest BCUT2D eigenvalue weighted by molar-refractivity contribution is -0.140. The van der Waals surface area contributed by atoms with Gasteiger partial charge in [0, 0.05) is 30.0 Å². The average Bonchev–Trinajstić information content (AvgIpc) is 2.97. The first-order valence-electron chi connectivity index (χ1n) is 13.6. The van der Waals surface area contributed by atoms with Crippen molar-refractivity contribution in [2.75, 3.05) is 37.9 Å². The van der Waals surface area contributed by atoms with E-state index >= 15 is 0 Å². The predicted octanol–water partition coefficient (Wildman–Crippen LogP) is 4.79. The van der Waals surface area contributed by atoms with Gasteiger partial charge < -0.3 is 19.7 Å². The molecule has 0 saturated heterocycles. The summed E-state index contributed by atoms with van der Waals surface area (Å²) < 4.78 is 38.7. The monoisotopic (exact) mass is 659 g/mol. The fourth-order valence-electron chi connectivity index (χ4n) is 4.48. The molecule has 0 radical (unpaired) electrons. The van der Waals surface area contributed by atoms with Crippen molar-refractivity contribution in [3.8, 4) is 11.5 Å². The number of hydrogen-bond donors (Lipinski definition) is 1. The van der Waals surface area contributed by atoms with E-state index < -0.39 is 28.5 Å². The van der Waals surface area contributed by atoms with E-state index in [-0.39, 0.29) is 30.3 Å². The summed E-state index contributed by atoms with van der Waals surface area (Å²) in [5, 5.41) is 2.97. The Bertz CT molecular complexity index is 1450. The van der Waals surface area contributed by atoms with Crippen molar-refractivity contribution < 1.29 is 27.5 Å². The number of amides is 2. The second-order valence-electron chi connectivity index (χ2n) is 9.81. The average molecular weight is 661 g/mol. The third-order valence-corrected chi connectivity index (χ3v) is 8.30. The molecule has 0 bridgehead atoms. The van der Waals surface area contributed by atoms with Crippen molar-refractivity contribution in [2.24, 2.45) is 0 Å². The molecule has 0 saturated carbocycles. The molecule has 0 heterocycles. The first-order valence-corrected chi connectivity index (χ1v) is 16.3. The van der Waals surface area contributed by atoms with Crippen LogP contribution in [0.5, 0.6) is 11.5 Å². The number of nitrogens with one attached hydrogen (secondary N) is 1. The number of anilines is 1. The topological polar surface area (TPSA) is 105 Å². The Morgan fingerprint density at radius 1 is 0.952 bits per heavy atom. The lowest BCUT2D eigenvalue weighted by Crippen LogP contribution is -2.53. The van der Waals surface area contributed by atoms with E-state index in [4.69, 9.17) is 9.47 Å². The fraction of sp³-hybridized carbons (Fsp3) is 0.355. The Morgan fingerprint density at radius 3 is 2.29 bits per heavy atom. The van der Waals surface area contributed by atoms with Gasteiger partial charge in [-0.2, -0.15) is 0 Å². The molecule has 0 fully saturated rings. The minimum atomic E-state index is -3.94. The highest BCUT2D eigenvalue weighted by Gasteiger charge is 2.33. The van der Waals surface area contributed by atoms with E-state index in [9.17, 15) is 18.0 Å². The largest absolute Gasteiger partial charge is 0.497 e. The Morgan fingerprint density at radius 2 is 1.67 bits per heavy atom. The first kappa shape index (κ1) is 32.9. The molecule has 1 unspecified atom stereocenters. The van der Waals surface area contributed by atoms with Gasteiger partial charge in [-0.25, -0.2) is 8.42 Å². The fourth-order valence-corrected chi connectivity index (χ4v) is 5.78. The van der Waals surface area contributed by atoms with Crippen molar-refractivity contribution in [1.82, 2.24) is 10.2 Å². The Labute approximate surface area is 257 Å². The summed E-state index contributed by atoms with van der Waals surface area (Å²) in [5.41, 5.74) is 1.84. The standard InChI is InChI=1S/C31H38BrN3O6S/c1-5-6-17-33-31(37)28(19-23-11-8-7-9-12-23)34(21-24-13-10-14-25(32)18-24)30(36)22-35(42(4,38)39)27-16-15-26(40-2)20-29(27)41-3/h7-16,18,20,28H,5-6,17,19,21-22H2,1-4H3,(H,33,37). The van der Waals surface area contributed by atoms with Crippen molar-refractivity contribution in [3.05, 3.63) is 88.4 Å². The summed E-state index contributed by atoms with van der Waals surface area (Å²) in [4.78, 5) is 29.3. The van der Waals surface area contributed by atoms with Crippen molar-refractivity contribution in [2.45, 2.75) is 38.8 Å². The van der Waals surface area contributed by atoms with Crippen LogP contribution in [0.3, 0.4) is 0 Å². The second-order valence-corrected chi connectivity index (χ2v) is 12.6. The van der Waals surface area contributed by atoms with Gasteiger partial charge in [-0.3, -0.25) is 13.9 Å². The second kappa shape index (κ2) is 15.6. The van der Waals surface area contributed by atoms with Crippen molar-refractivity contribution >= 4 is 43.5 Å². The van der Waals surface area contributed by atoms with Crippen LogP contribution < -0.4 is 19.1 Å². The van der Waals surface area contributed by atoms with Gasteiger partial charge in [-0.1, -0.05) is 71.7 Å². The molecular formula is C31H38BrN3O6S. The molecule has 2 amide bonds. The Kier molecular flexibility index (Phi) is 12.2. The number of rotatable bonds is 15. The molecule has 0 aliphatic rings. The maximum absolute atomic E-state index is 14.2. The number of methoxy groups -OCH3 is 2. The number of hydrogen-bond acceptors (Lipinski definition) is 6. The summed E-state index contributed by atoms with van der Waals surface area (Å²) in [7, 11) is -1.04. The number of unbranched alkanes of at least 4 members (excludes halogenated alkanes) is 1. The van der Waals surface area contributed by atoms with Gasteiger partial charge >= 0.3 is 0 Å². The summed E-state index contributed by atoms with van der Waals surface area (Å²) in [6, 6.07) is 20.7. The van der Waals surface area contributed by atoms with E-state index in [0.717, 1.165) is 39.0 Å². The predicted molar refractivity (Wildman–Crippen MR) is 168 cm³/mol. The van der Waals surface area contributed by atoms with E-state index in [1.807, 2.05) is 61.5 Å². The molecular weight excluding hydrogens is 622 g/mol. The SMILES string of the molecule is CCCCNC(=O)C(Cc1ccccc1)N(Cc1cccc(Br)c1)C(=O)CN(c1ccc(OC)cc1OC)S(C)(=O)=O. The van der Waals surface area contributed by atoms with Gasteiger partial charge in [-0.15, -0.1) is 0 Å². The van der Waals surface area contributed by atoms with Gasteiger partial charge in [-0.05, 0) is 41.8 Å². The van der Waals surface area contributed by atoms with Crippen LogP contribution in [0.2, 0.25) is 0 Å². The lowest BCUT2D eigenvalue weighted by atomic mass is 10.0. The van der Waals surface area contributed by atoms with Crippen molar-refractivity contribution in [1.29, 1.82) is 0 Å². The maximum atomic E-state index is 14.2. The summed E-state index contributed by atoms with van der Waals surface area (Å²) in [6.07, 6.45) is 2.98. The van der Waals surface area contributed by atoms with E-state index in [2.05, 4.69) is 21.2 Å². The number of ether oxygens (including phenoxy) is 2. The molecule has 0 aliphatic carbocycles. The zero-order chi connectivity index (χ0) is 30.7. The zero-order valence-corrected chi connectivity index (χ0v) is 26.8. The highest BCUT2D eigenvalue weighted by Crippen LogP contribution is 2.34. The molecule has 0 aliphatic heterocycles. The Hall–Kier alpha value is -3.57. The highest BCUT2D eigenvalue weighted by atomic mass is 79.9. The molecule has 0 spiro atoms. The lowest BCUT2D eigenvalue weighted by Gasteiger charge is -2.33. The normalized spacial score (nSPS) is 11.8. The number of sulfonamides is 1. The smallest absolute Gasteiger partial charge is 0.244 e. The third kappa shape index (κ3) is 9.22. The van der Waals surface area contributed by atoms with Gasteiger partial charge in [0.1, 0.15) is 24.1 Å². The molecule has 11 heteroatoms. The Balaban J connectivity index is 2.07. The van der Waals surface area contributed by atoms with E-state index in [1.165, 1.54) is 25.2 Å². The van der Waals surface area contributed by atoms with Crippen LogP contribution in [0.25, 0.3) is 0 Å².